The molecule has 1 amide bonds. The van der Waals surface area contributed by atoms with Gasteiger partial charge in [0.15, 0.2) is 6.23 Å². The Kier molecular flexibility index (Phi) is 5.77. The van der Waals surface area contributed by atoms with Crippen LogP contribution in [-0.4, -0.2) is 25.9 Å². The number of carbonyl (C=O) groups is 2. The van der Waals surface area contributed by atoms with E-state index in [1.54, 1.807) is 0 Å². The molecule has 5 heteroatoms. The number of hydrogen-bond donors (Lipinski definition) is 1. The molecule has 0 aromatic heterocycles. The number of alkyl carbamates (subject to hydrolysis) is 1. The molecule has 1 unspecified atom stereocenters. The van der Waals surface area contributed by atoms with E-state index in [9.17, 15) is 9.59 Å². The molecule has 0 aromatic carbocycles. The Labute approximate surface area is 71.0 Å². The minimum Gasteiger partial charge on any atom is -0.453 e. The van der Waals surface area contributed by atoms with Gasteiger partial charge in [-0.15, -0.1) is 0 Å². The molecule has 0 aromatic rings. The first-order valence-corrected chi connectivity index (χ1v) is 3.68. The number of hydrogen-bond acceptors (Lipinski definition) is 4. The van der Waals surface area contributed by atoms with E-state index in [1.807, 2.05) is 6.92 Å². The Morgan fingerprint density at radius 1 is 1.67 bits per heavy atom. The van der Waals surface area contributed by atoms with Crippen LogP contribution in [0.4, 0.5) is 4.79 Å². The number of carbonyl (C=O) groups excluding carboxylic acids is 2. The van der Waals surface area contributed by atoms with Gasteiger partial charge in [0.2, 0.25) is 0 Å². The quantitative estimate of drug-likeness (QED) is 0.492. The van der Waals surface area contributed by atoms with Gasteiger partial charge in [0.25, 0.3) is 6.47 Å². The first-order chi connectivity index (χ1) is 5.74. The van der Waals surface area contributed by atoms with Gasteiger partial charge in [-0.3, -0.25) is 10.1 Å². The minimum absolute atomic E-state index is 0.302. The fourth-order valence-electron chi connectivity index (χ4n) is 0.694. The highest BCUT2D eigenvalue weighted by Crippen LogP contribution is 1.96. The molecule has 0 saturated heterocycles. The standard InChI is InChI=1S/C7H13NO4/c1-3-4-6(12-5-9)8-7(10)11-2/h5-6H,3-4H2,1-2H3,(H,8,10). The zero-order valence-electron chi connectivity index (χ0n) is 7.20. The lowest BCUT2D eigenvalue weighted by atomic mass is 10.3. The number of rotatable bonds is 5. The molecule has 0 aliphatic carbocycles. The van der Waals surface area contributed by atoms with Crippen molar-refractivity contribution in [2.45, 2.75) is 26.0 Å². The van der Waals surface area contributed by atoms with Crippen molar-refractivity contribution in [1.29, 1.82) is 0 Å². The lowest BCUT2D eigenvalue weighted by Crippen LogP contribution is -2.36. The van der Waals surface area contributed by atoms with Crippen molar-refractivity contribution in [3.63, 3.8) is 0 Å². The summed E-state index contributed by atoms with van der Waals surface area (Å²) in [6.07, 6.45) is 0.200. The molecule has 0 heterocycles. The topological polar surface area (TPSA) is 64.6 Å². The lowest BCUT2D eigenvalue weighted by molar-refractivity contribution is -0.134. The summed E-state index contributed by atoms with van der Waals surface area (Å²) < 4.78 is 8.89. The highest BCUT2D eigenvalue weighted by molar-refractivity contribution is 5.67. The summed E-state index contributed by atoms with van der Waals surface area (Å²) in [4.78, 5) is 20.6. The van der Waals surface area contributed by atoms with Crippen molar-refractivity contribution >= 4 is 12.6 Å². The van der Waals surface area contributed by atoms with Crippen LogP contribution in [0, 0.1) is 0 Å². The Bertz CT molecular complexity index is 148. The van der Waals surface area contributed by atoms with Crippen molar-refractivity contribution in [2.24, 2.45) is 0 Å². The molecule has 0 radical (unpaired) electrons. The van der Waals surface area contributed by atoms with Crippen LogP contribution in [0.1, 0.15) is 19.8 Å². The molecular formula is C7H13NO4. The predicted molar refractivity (Wildman–Crippen MR) is 41.4 cm³/mol. The van der Waals surface area contributed by atoms with Crippen LogP contribution in [0.5, 0.6) is 0 Å². The maximum absolute atomic E-state index is 10.6. The second kappa shape index (κ2) is 6.45. The third kappa shape index (κ3) is 4.54. The third-order valence-corrected chi connectivity index (χ3v) is 1.23. The SMILES string of the molecule is CCCC(NC(=O)OC)OC=O. The monoisotopic (exact) mass is 175 g/mol. The smallest absolute Gasteiger partial charge is 0.409 e. The first-order valence-electron chi connectivity index (χ1n) is 3.68. The molecular weight excluding hydrogens is 162 g/mol. The second-order valence-electron chi connectivity index (χ2n) is 2.15. The molecule has 0 aliphatic heterocycles. The largest absolute Gasteiger partial charge is 0.453 e. The molecule has 0 saturated carbocycles. The number of nitrogens with one attached hydrogen (secondary N) is 1. The maximum atomic E-state index is 10.6. The summed E-state index contributed by atoms with van der Waals surface area (Å²) in [5.74, 6) is 0. The second-order valence-corrected chi connectivity index (χ2v) is 2.15. The van der Waals surface area contributed by atoms with Crippen LogP contribution in [0.25, 0.3) is 0 Å². The van der Waals surface area contributed by atoms with E-state index in [1.165, 1.54) is 7.11 Å². The highest BCUT2D eigenvalue weighted by atomic mass is 16.6. The zero-order chi connectivity index (χ0) is 9.40. The average molecular weight is 175 g/mol. The molecule has 12 heavy (non-hydrogen) atoms. The van der Waals surface area contributed by atoms with Crippen molar-refractivity contribution in [2.75, 3.05) is 7.11 Å². The number of amides is 1. The Morgan fingerprint density at radius 2 is 2.33 bits per heavy atom. The third-order valence-electron chi connectivity index (χ3n) is 1.23. The van der Waals surface area contributed by atoms with Crippen LogP contribution in [-0.2, 0) is 14.3 Å². The molecule has 0 rings (SSSR count). The van der Waals surface area contributed by atoms with Crippen molar-refractivity contribution in [3.05, 3.63) is 0 Å². The van der Waals surface area contributed by atoms with Gasteiger partial charge in [-0.2, -0.15) is 0 Å². The van der Waals surface area contributed by atoms with E-state index in [0.29, 0.717) is 12.9 Å². The van der Waals surface area contributed by atoms with Gasteiger partial charge in [-0.05, 0) is 0 Å². The summed E-state index contributed by atoms with van der Waals surface area (Å²) in [5, 5.41) is 2.35. The molecule has 70 valence electrons. The first kappa shape index (κ1) is 10.7. The summed E-state index contributed by atoms with van der Waals surface area (Å²) >= 11 is 0. The van der Waals surface area contributed by atoms with E-state index < -0.39 is 12.3 Å². The van der Waals surface area contributed by atoms with E-state index in [-0.39, 0.29) is 0 Å². The Hall–Kier alpha value is -1.26. The summed E-state index contributed by atoms with van der Waals surface area (Å²) in [5.41, 5.74) is 0. The van der Waals surface area contributed by atoms with Gasteiger partial charge < -0.3 is 9.47 Å². The number of methoxy groups -OCH3 is 1. The predicted octanol–water partition coefficient (Wildman–Crippen LogP) is 0.642. The highest BCUT2D eigenvalue weighted by Gasteiger charge is 2.10. The Morgan fingerprint density at radius 3 is 2.75 bits per heavy atom. The van der Waals surface area contributed by atoms with Gasteiger partial charge in [0.05, 0.1) is 7.11 Å². The Balaban J connectivity index is 3.76. The van der Waals surface area contributed by atoms with Crippen molar-refractivity contribution < 1.29 is 19.1 Å². The molecule has 1 atom stereocenters. The van der Waals surface area contributed by atoms with Gasteiger partial charge in [0, 0.05) is 6.42 Å². The summed E-state index contributed by atoms with van der Waals surface area (Å²) in [7, 11) is 1.25. The molecule has 5 nitrogen and oxygen atoms in total. The van der Waals surface area contributed by atoms with Crippen LogP contribution in [0.3, 0.4) is 0 Å². The zero-order valence-corrected chi connectivity index (χ0v) is 7.20. The molecule has 0 fully saturated rings. The van der Waals surface area contributed by atoms with Gasteiger partial charge in [-0.1, -0.05) is 13.3 Å². The van der Waals surface area contributed by atoms with Crippen molar-refractivity contribution in [3.8, 4) is 0 Å². The number of ether oxygens (including phenoxy) is 2. The molecule has 0 spiro atoms. The minimum atomic E-state index is -0.602. The summed E-state index contributed by atoms with van der Waals surface area (Å²) in [6.45, 7) is 2.22. The van der Waals surface area contributed by atoms with Crippen LogP contribution >= 0.6 is 0 Å². The normalized spacial score (nSPS) is 11.5. The fraction of sp³-hybridized carbons (Fsp3) is 0.714. The molecule has 0 aliphatic rings. The van der Waals surface area contributed by atoms with Crippen molar-refractivity contribution in [1.82, 2.24) is 5.32 Å². The van der Waals surface area contributed by atoms with Crippen LogP contribution in [0.15, 0.2) is 0 Å². The van der Waals surface area contributed by atoms with E-state index >= 15 is 0 Å². The van der Waals surface area contributed by atoms with Gasteiger partial charge >= 0.3 is 6.09 Å². The average Bonchev–Trinajstić information content (AvgIpc) is 2.05. The van der Waals surface area contributed by atoms with Crippen LogP contribution < -0.4 is 5.32 Å². The van der Waals surface area contributed by atoms with Gasteiger partial charge in [0.1, 0.15) is 0 Å². The molecule has 0 bridgehead atoms. The lowest BCUT2D eigenvalue weighted by Gasteiger charge is -2.14. The molecule has 1 N–H and O–H groups in total. The van der Waals surface area contributed by atoms with Gasteiger partial charge in [-0.25, -0.2) is 4.79 Å². The maximum Gasteiger partial charge on any atom is 0.409 e. The van der Waals surface area contributed by atoms with E-state index in [2.05, 4.69) is 14.8 Å². The fourth-order valence-corrected chi connectivity index (χ4v) is 0.694. The van der Waals surface area contributed by atoms with E-state index in [0.717, 1.165) is 6.42 Å². The van der Waals surface area contributed by atoms with Crippen LogP contribution in [0.2, 0.25) is 0 Å². The van der Waals surface area contributed by atoms with E-state index in [4.69, 9.17) is 0 Å². The summed E-state index contributed by atoms with van der Waals surface area (Å²) in [6, 6.07) is 0.